The van der Waals surface area contributed by atoms with Crippen LogP contribution in [0.4, 0.5) is 0 Å². The average Bonchev–Trinajstić information content (AvgIpc) is 2.11. The van der Waals surface area contributed by atoms with Gasteiger partial charge in [-0.2, -0.15) is 0 Å². The van der Waals surface area contributed by atoms with E-state index in [0.717, 1.165) is 25.9 Å². The molecule has 7 N–H and O–H groups in total. The van der Waals surface area contributed by atoms with E-state index in [0.29, 0.717) is 0 Å². The molecular weight excluding hydrogens is 207 g/mol. The van der Waals surface area contributed by atoms with Gasteiger partial charge in [-0.25, -0.2) is 0 Å². The third-order valence-electron chi connectivity index (χ3n) is 1.27. The molecule has 7 heteroatoms. The second-order valence-corrected chi connectivity index (χ2v) is 4.53. The fourth-order valence-corrected chi connectivity index (χ4v) is 1.12. The predicted molar refractivity (Wildman–Crippen MR) is 56.0 cm³/mol. The van der Waals surface area contributed by atoms with E-state index in [2.05, 4.69) is 0 Å². The SMILES string of the molecule is NCCCCN.O=P(O)(O)CCCO. The second kappa shape index (κ2) is 11.1. The molecular formula is C7H21N2O4P. The number of aliphatic hydroxyl groups excluding tert-OH is 1. The summed E-state index contributed by atoms with van der Waals surface area (Å²) in [7, 11) is -3.84. The van der Waals surface area contributed by atoms with E-state index in [-0.39, 0.29) is 19.2 Å². The Bertz CT molecular complexity index is 147. The van der Waals surface area contributed by atoms with Crippen molar-refractivity contribution in [3.63, 3.8) is 0 Å². The van der Waals surface area contributed by atoms with Crippen LogP contribution in [0.3, 0.4) is 0 Å². The maximum atomic E-state index is 9.97. The summed E-state index contributed by atoms with van der Waals surface area (Å²) in [6.07, 6.45) is 2.08. The third-order valence-corrected chi connectivity index (χ3v) is 2.16. The van der Waals surface area contributed by atoms with Gasteiger partial charge in [0.05, 0.1) is 6.16 Å². The molecule has 0 aliphatic carbocycles. The van der Waals surface area contributed by atoms with E-state index in [1.807, 2.05) is 0 Å². The molecule has 88 valence electrons. The molecule has 0 amide bonds. The molecule has 0 atom stereocenters. The summed E-state index contributed by atoms with van der Waals surface area (Å²) < 4.78 is 9.97. The monoisotopic (exact) mass is 228 g/mol. The van der Waals surface area contributed by atoms with Crippen molar-refractivity contribution in [3.8, 4) is 0 Å². The zero-order valence-corrected chi connectivity index (χ0v) is 9.20. The highest BCUT2D eigenvalue weighted by atomic mass is 31.2. The fraction of sp³-hybridized carbons (Fsp3) is 1.00. The molecule has 0 aliphatic rings. The van der Waals surface area contributed by atoms with Gasteiger partial charge < -0.3 is 26.4 Å². The zero-order valence-electron chi connectivity index (χ0n) is 8.30. The van der Waals surface area contributed by atoms with Crippen LogP contribution in [0.5, 0.6) is 0 Å². The van der Waals surface area contributed by atoms with E-state index >= 15 is 0 Å². The van der Waals surface area contributed by atoms with E-state index in [1.54, 1.807) is 0 Å². The lowest BCUT2D eigenvalue weighted by atomic mass is 10.3. The van der Waals surface area contributed by atoms with Crippen molar-refractivity contribution >= 4 is 7.60 Å². The lowest BCUT2D eigenvalue weighted by Gasteiger charge is -1.98. The molecule has 0 spiro atoms. The van der Waals surface area contributed by atoms with E-state index < -0.39 is 7.60 Å². The van der Waals surface area contributed by atoms with Gasteiger partial charge in [-0.15, -0.1) is 0 Å². The minimum atomic E-state index is -3.84. The molecule has 0 aromatic rings. The number of unbranched alkanes of at least 4 members (excludes halogenated alkanes) is 1. The Balaban J connectivity index is 0. The van der Waals surface area contributed by atoms with Crippen LogP contribution in [0.15, 0.2) is 0 Å². The van der Waals surface area contributed by atoms with Gasteiger partial charge in [0, 0.05) is 6.61 Å². The summed E-state index contributed by atoms with van der Waals surface area (Å²) in [5.74, 6) is 0. The van der Waals surface area contributed by atoms with Gasteiger partial charge in [0.25, 0.3) is 0 Å². The minimum absolute atomic E-state index is 0.162. The summed E-state index contributed by atoms with van der Waals surface area (Å²) in [5.41, 5.74) is 10.3. The second-order valence-electron chi connectivity index (χ2n) is 2.75. The van der Waals surface area contributed by atoms with Crippen molar-refractivity contribution in [2.24, 2.45) is 11.5 Å². The average molecular weight is 228 g/mol. The molecule has 0 saturated heterocycles. The molecule has 0 aliphatic heterocycles. The molecule has 0 fully saturated rings. The van der Waals surface area contributed by atoms with Crippen LogP contribution >= 0.6 is 7.60 Å². The van der Waals surface area contributed by atoms with E-state index in [4.69, 9.17) is 26.4 Å². The van der Waals surface area contributed by atoms with Gasteiger partial charge in [0.1, 0.15) is 0 Å². The topological polar surface area (TPSA) is 130 Å². The van der Waals surface area contributed by atoms with Gasteiger partial charge in [-0.3, -0.25) is 4.57 Å². The molecule has 6 nitrogen and oxygen atoms in total. The van der Waals surface area contributed by atoms with Crippen LogP contribution in [-0.2, 0) is 4.57 Å². The van der Waals surface area contributed by atoms with Gasteiger partial charge >= 0.3 is 7.60 Å². The Morgan fingerprint density at radius 2 is 1.43 bits per heavy atom. The Labute approximate surface area is 84.5 Å². The highest BCUT2D eigenvalue weighted by Crippen LogP contribution is 2.34. The first-order valence-electron chi connectivity index (χ1n) is 4.53. The lowest BCUT2D eigenvalue weighted by Crippen LogP contribution is -2.03. The zero-order chi connectivity index (χ0) is 11.4. The van der Waals surface area contributed by atoms with Crippen LogP contribution in [0.2, 0.25) is 0 Å². The molecule has 0 radical (unpaired) electrons. The maximum absolute atomic E-state index is 9.97. The van der Waals surface area contributed by atoms with Gasteiger partial charge in [-0.05, 0) is 32.4 Å². The first-order chi connectivity index (χ1) is 6.47. The number of hydrogen-bond donors (Lipinski definition) is 5. The van der Waals surface area contributed by atoms with Crippen LogP contribution in [0, 0.1) is 0 Å². The van der Waals surface area contributed by atoms with Crippen LogP contribution in [0.25, 0.3) is 0 Å². The fourth-order valence-electron chi connectivity index (χ4n) is 0.565. The quantitative estimate of drug-likeness (QED) is 0.300. The molecule has 0 rings (SSSR count). The standard InChI is InChI=1S/C4H12N2.C3H9O4P/c5-3-1-2-4-6;4-2-1-3-8(5,6)7/h1-6H2;4H,1-3H2,(H2,5,6,7). The minimum Gasteiger partial charge on any atom is -0.396 e. The summed E-state index contributed by atoms with van der Waals surface area (Å²) in [5, 5.41) is 8.09. The number of hydrogen-bond acceptors (Lipinski definition) is 4. The molecule has 0 unspecified atom stereocenters. The van der Waals surface area contributed by atoms with Gasteiger partial charge in [-0.1, -0.05) is 0 Å². The van der Waals surface area contributed by atoms with E-state index in [1.165, 1.54) is 0 Å². The molecule has 0 aromatic heterocycles. The summed E-state index contributed by atoms with van der Waals surface area (Å²) in [4.78, 5) is 16.3. The molecule has 14 heavy (non-hydrogen) atoms. The van der Waals surface area contributed by atoms with Crippen molar-refractivity contribution in [2.75, 3.05) is 25.9 Å². The number of aliphatic hydroxyl groups is 1. The predicted octanol–water partition coefficient (Wildman–Crippen LogP) is -0.769. The Kier molecular flexibility index (Phi) is 13.1. The number of rotatable bonds is 6. The van der Waals surface area contributed by atoms with Crippen molar-refractivity contribution in [1.82, 2.24) is 0 Å². The normalized spacial score (nSPS) is 10.6. The smallest absolute Gasteiger partial charge is 0.325 e. The van der Waals surface area contributed by atoms with Crippen molar-refractivity contribution in [2.45, 2.75) is 19.3 Å². The van der Waals surface area contributed by atoms with Gasteiger partial charge in [0.15, 0.2) is 0 Å². The third kappa shape index (κ3) is 22.7. The van der Waals surface area contributed by atoms with E-state index in [9.17, 15) is 4.57 Å². The summed E-state index contributed by atoms with van der Waals surface area (Å²) >= 11 is 0. The van der Waals surface area contributed by atoms with Crippen LogP contribution in [0.1, 0.15) is 19.3 Å². The highest BCUT2D eigenvalue weighted by molar-refractivity contribution is 7.51. The van der Waals surface area contributed by atoms with Crippen molar-refractivity contribution < 1.29 is 19.5 Å². The molecule has 0 heterocycles. The van der Waals surface area contributed by atoms with Crippen molar-refractivity contribution in [1.29, 1.82) is 0 Å². The highest BCUT2D eigenvalue weighted by Gasteiger charge is 2.10. The summed E-state index contributed by atoms with van der Waals surface area (Å²) in [6.45, 7) is 1.39. The molecule has 0 aromatic carbocycles. The molecule has 0 bridgehead atoms. The van der Waals surface area contributed by atoms with Gasteiger partial charge in [0.2, 0.25) is 0 Å². The first-order valence-corrected chi connectivity index (χ1v) is 6.33. The lowest BCUT2D eigenvalue weighted by molar-refractivity contribution is 0.289. The Morgan fingerprint density at radius 1 is 1.00 bits per heavy atom. The van der Waals surface area contributed by atoms with Crippen LogP contribution in [-0.4, -0.2) is 40.8 Å². The first kappa shape index (κ1) is 16.5. The largest absolute Gasteiger partial charge is 0.396 e. The Hall–Kier alpha value is 0.0300. The van der Waals surface area contributed by atoms with Crippen LogP contribution < -0.4 is 11.5 Å². The Morgan fingerprint density at radius 3 is 1.57 bits per heavy atom. The molecule has 0 saturated carbocycles. The maximum Gasteiger partial charge on any atom is 0.325 e. The van der Waals surface area contributed by atoms with Crippen molar-refractivity contribution in [3.05, 3.63) is 0 Å². The number of nitrogens with two attached hydrogens (primary N) is 2. The summed E-state index contributed by atoms with van der Waals surface area (Å²) in [6, 6.07) is 0.